The molecule has 10 atom stereocenters. The molecular weight excluding hydrogens is 847 g/mol. The largest absolute Gasteiger partial charge is 0.448 e. The molecule has 0 saturated carbocycles. The first-order valence-electron chi connectivity index (χ1n) is 22.0. The van der Waals surface area contributed by atoms with E-state index in [4.69, 9.17) is 25.4 Å². The Morgan fingerprint density at radius 2 is 1.57 bits per heavy atom. The number of hydrogen-bond donors (Lipinski definition) is 5. The zero-order chi connectivity index (χ0) is 47.9. The highest BCUT2D eigenvalue weighted by atomic mass is 33.1. The number of benzene rings is 1. The van der Waals surface area contributed by atoms with Crippen molar-refractivity contribution in [1.82, 2.24) is 25.3 Å². The summed E-state index contributed by atoms with van der Waals surface area (Å²) in [5.74, 6) is -2.80. The molecule has 0 spiro atoms. The Hall–Kier alpha value is -3.58. The molecule has 63 heavy (non-hydrogen) atoms. The number of likely N-dealkylation sites (N-methyl/N-ethyl adjacent to an activating group) is 2. The molecule has 0 unspecified atom stereocenters. The van der Waals surface area contributed by atoms with E-state index in [1.54, 1.807) is 42.8 Å². The fourth-order valence-corrected chi connectivity index (χ4v) is 9.72. The van der Waals surface area contributed by atoms with Crippen LogP contribution in [0.15, 0.2) is 30.3 Å². The topological polar surface area (TPSA) is 217 Å². The summed E-state index contributed by atoms with van der Waals surface area (Å²) in [5, 5.41) is 24.2. The summed E-state index contributed by atoms with van der Waals surface area (Å²) >= 11 is 0. The lowest BCUT2D eigenvalue weighted by atomic mass is 9.89. The van der Waals surface area contributed by atoms with Crippen molar-refractivity contribution in [2.45, 2.75) is 148 Å². The highest BCUT2D eigenvalue weighted by molar-refractivity contribution is 8.82. The normalized spacial score (nSPS) is 18.6. The van der Waals surface area contributed by atoms with Crippen LogP contribution >= 0.6 is 21.6 Å². The lowest BCUT2D eigenvalue weighted by Gasteiger charge is -2.41. The van der Waals surface area contributed by atoms with E-state index in [0.29, 0.717) is 24.9 Å². The minimum absolute atomic E-state index is 0.00790. The van der Waals surface area contributed by atoms with Crippen molar-refractivity contribution in [2.75, 3.05) is 41.5 Å². The van der Waals surface area contributed by atoms with Crippen LogP contribution in [-0.2, 0) is 33.4 Å². The molecule has 358 valence electrons. The second-order valence-electron chi connectivity index (χ2n) is 18.1. The molecule has 0 radical (unpaired) electrons. The van der Waals surface area contributed by atoms with Gasteiger partial charge >= 0.3 is 6.09 Å². The summed E-state index contributed by atoms with van der Waals surface area (Å²) in [4.78, 5) is 74.3. The first kappa shape index (κ1) is 55.6. The number of likely N-dealkylation sites (tertiary alicyclic amines) is 1. The molecule has 1 aliphatic rings. The van der Waals surface area contributed by atoms with Crippen LogP contribution in [0.4, 0.5) is 4.79 Å². The van der Waals surface area contributed by atoms with Gasteiger partial charge < -0.3 is 45.5 Å². The van der Waals surface area contributed by atoms with Crippen molar-refractivity contribution < 1.29 is 43.3 Å². The van der Waals surface area contributed by atoms with Crippen LogP contribution in [0.3, 0.4) is 0 Å². The number of amides is 5. The third-order valence-electron chi connectivity index (χ3n) is 12.0. The van der Waals surface area contributed by atoms with E-state index in [9.17, 15) is 29.1 Å². The molecule has 5 amide bonds. The summed E-state index contributed by atoms with van der Waals surface area (Å²) in [7, 11) is 8.58. The second-order valence-corrected chi connectivity index (χ2v) is 21.0. The molecule has 18 heteroatoms. The van der Waals surface area contributed by atoms with Crippen LogP contribution in [-0.4, -0.2) is 143 Å². The number of methoxy groups -OCH3 is 2. The summed E-state index contributed by atoms with van der Waals surface area (Å²) < 4.78 is 17.0. The molecule has 6 N–H and O–H groups in total. The van der Waals surface area contributed by atoms with Crippen molar-refractivity contribution >= 4 is 56.5 Å². The number of aliphatic hydroxyl groups excluding tert-OH is 1. The number of nitrogens with two attached hydrogens (primary N) is 1. The fraction of sp³-hybridized carbons (Fsp3) is 0.733. The van der Waals surface area contributed by atoms with Gasteiger partial charge in [-0.05, 0) is 67.7 Å². The Morgan fingerprint density at radius 3 is 2.10 bits per heavy atom. The van der Waals surface area contributed by atoms with Crippen LogP contribution in [0.25, 0.3) is 0 Å². The predicted octanol–water partition coefficient (Wildman–Crippen LogP) is 5.43. The van der Waals surface area contributed by atoms with Crippen LogP contribution < -0.4 is 16.4 Å². The number of carbonyl (C=O) groups excluding carboxylic acids is 5. The maximum absolute atomic E-state index is 14.5. The minimum Gasteiger partial charge on any atom is -0.448 e. The Labute approximate surface area is 384 Å². The predicted molar refractivity (Wildman–Crippen MR) is 251 cm³/mol. The van der Waals surface area contributed by atoms with Crippen LogP contribution in [0, 0.1) is 29.1 Å². The van der Waals surface area contributed by atoms with Gasteiger partial charge in [0.2, 0.25) is 23.6 Å². The van der Waals surface area contributed by atoms with E-state index in [-0.39, 0.29) is 53.7 Å². The van der Waals surface area contributed by atoms with Crippen molar-refractivity contribution in [3.8, 4) is 0 Å². The van der Waals surface area contributed by atoms with Crippen LogP contribution in [0.2, 0.25) is 0 Å². The minimum atomic E-state index is -0.971. The van der Waals surface area contributed by atoms with Gasteiger partial charge in [-0.2, -0.15) is 0 Å². The lowest BCUT2D eigenvalue weighted by molar-refractivity contribution is -0.148. The van der Waals surface area contributed by atoms with E-state index in [2.05, 4.69) is 10.6 Å². The number of carbonyl (C=O) groups is 5. The molecule has 2 rings (SSSR count). The SMILES string of the molecule is CC[C@H](C)[C@@H]([C@@H](CC(=O)N1CCC[C@H]1[C@H](OC)[C@@H](C)C(=O)N[C@H](C)[C@@H](O)c1ccccc1)OC)N(C)C(=O)[C@@H](NC(=O)[C@H](C(C)C)N(C)C(=O)OCC(C)(C)SSC(=N)N)C(C)C. The average molecular weight is 924 g/mol. The van der Waals surface area contributed by atoms with E-state index in [1.165, 1.54) is 37.0 Å². The molecule has 1 saturated heterocycles. The van der Waals surface area contributed by atoms with Crippen molar-refractivity contribution in [3.63, 3.8) is 0 Å². The van der Waals surface area contributed by atoms with Gasteiger partial charge in [0.15, 0.2) is 5.17 Å². The van der Waals surface area contributed by atoms with Gasteiger partial charge in [-0.15, -0.1) is 0 Å². The van der Waals surface area contributed by atoms with Gasteiger partial charge in [-0.1, -0.05) is 96.0 Å². The van der Waals surface area contributed by atoms with Crippen molar-refractivity contribution in [3.05, 3.63) is 35.9 Å². The summed E-state index contributed by atoms with van der Waals surface area (Å²) in [6, 6.07) is 5.67. The van der Waals surface area contributed by atoms with E-state index < -0.39 is 71.2 Å². The number of nitrogens with one attached hydrogen (secondary N) is 3. The van der Waals surface area contributed by atoms with Gasteiger partial charge in [0, 0.05) is 34.9 Å². The first-order chi connectivity index (χ1) is 29.4. The molecule has 1 fully saturated rings. The number of aliphatic hydroxyl groups is 1. The molecule has 0 aliphatic carbocycles. The van der Waals surface area contributed by atoms with Gasteiger partial charge in [0.25, 0.3) is 0 Å². The molecule has 1 heterocycles. The molecule has 16 nitrogen and oxygen atoms in total. The third kappa shape index (κ3) is 15.8. The lowest BCUT2D eigenvalue weighted by Crippen LogP contribution is -2.60. The molecule has 0 bridgehead atoms. The standard InChI is InChI=1S/C45H77N7O9S2/c1-15-28(6)37(50(11)42(57)35(26(2)3)49-41(56)36(27(4)5)51(12)44(58)61-25-45(9,10)63-62-43(46)47)33(59-13)24-34(53)52-23-19-22-32(52)39(60-14)29(7)40(55)48-30(8)38(54)31-20-17-16-18-21-31/h16-18,20-21,26-30,32-33,35-39,54H,15,19,22-25H2,1-14H3,(H3,46,47)(H,48,55)(H,49,56)/t28-,29+,30+,32-,33+,35-,36-,37-,38+,39+/m0/s1. The van der Waals surface area contributed by atoms with E-state index in [1.807, 2.05) is 73.6 Å². The number of amidine groups is 1. The van der Waals surface area contributed by atoms with Gasteiger partial charge in [0.1, 0.15) is 18.7 Å². The molecule has 0 aromatic heterocycles. The third-order valence-corrected chi connectivity index (χ3v) is 15.0. The summed E-state index contributed by atoms with van der Waals surface area (Å²) in [5.41, 5.74) is 6.16. The Kier molecular flexibility index (Phi) is 22.7. The van der Waals surface area contributed by atoms with Crippen molar-refractivity contribution in [1.29, 1.82) is 5.41 Å². The highest BCUT2D eigenvalue weighted by Crippen LogP contribution is 2.36. The van der Waals surface area contributed by atoms with Gasteiger partial charge in [-0.25, -0.2) is 4.79 Å². The van der Waals surface area contributed by atoms with Crippen LogP contribution in [0.5, 0.6) is 0 Å². The smallest absolute Gasteiger partial charge is 0.410 e. The Balaban J connectivity index is 2.26. The fourth-order valence-electron chi connectivity index (χ4n) is 8.21. The Bertz CT molecular complexity index is 1660. The van der Waals surface area contributed by atoms with E-state index in [0.717, 1.165) is 17.2 Å². The zero-order valence-electron chi connectivity index (χ0n) is 40.0. The average Bonchev–Trinajstić information content (AvgIpc) is 3.73. The zero-order valence-corrected chi connectivity index (χ0v) is 41.6. The molecule has 1 aliphatic heterocycles. The number of hydrogen-bond acceptors (Lipinski definition) is 12. The summed E-state index contributed by atoms with van der Waals surface area (Å²) in [6.07, 6.45) is -0.972. The quantitative estimate of drug-likeness (QED) is 0.0499. The monoisotopic (exact) mass is 924 g/mol. The summed E-state index contributed by atoms with van der Waals surface area (Å²) in [6.45, 7) is 19.0. The first-order valence-corrected chi connectivity index (χ1v) is 24.1. The maximum atomic E-state index is 14.5. The molecule has 1 aromatic carbocycles. The van der Waals surface area contributed by atoms with E-state index >= 15 is 0 Å². The van der Waals surface area contributed by atoms with Gasteiger partial charge in [0.05, 0.1) is 53.5 Å². The number of rotatable bonds is 24. The highest BCUT2D eigenvalue weighted by Gasteiger charge is 2.44. The van der Waals surface area contributed by atoms with Crippen molar-refractivity contribution in [2.24, 2.45) is 29.4 Å². The number of nitrogens with zero attached hydrogens (tertiary/aromatic N) is 3. The maximum Gasteiger partial charge on any atom is 0.410 e. The molecular formula is C45H77N7O9S2. The molecule has 1 aromatic rings. The number of ether oxygens (including phenoxy) is 3. The van der Waals surface area contributed by atoms with Gasteiger partial charge in [-0.3, -0.25) is 29.5 Å². The second kappa shape index (κ2) is 25.8. The Morgan fingerprint density at radius 1 is 0.952 bits per heavy atom. The van der Waals surface area contributed by atoms with Crippen LogP contribution in [0.1, 0.15) is 107 Å².